The third-order valence-corrected chi connectivity index (χ3v) is 4.91. The molecule has 1 aliphatic heterocycles. The molecule has 0 atom stereocenters. The summed E-state index contributed by atoms with van der Waals surface area (Å²) in [6, 6.07) is 6.43. The molecule has 0 aliphatic carbocycles. The van der Waals surface area contributed by atoms with Crippen molar-refractivity contribution in [3.63, 3.8) is 0 Å². The highest BCUT2D eigenvalue weighted by Gasteiger charge is 2.35. The molecule has 1 aromatic heterocycles. The zero-order valence-electron chi connectivity index (χ0n) is 14.2. The minimum atomic E-state index is 0.508. The smallest absolute Gasteiger partial charge is 0.128 e. The van der Waals surface area contributed by atoms with E-state index < -0.39 is 0 Å². The predicted octanol–water partition coefficient (Wildman–Crippen LogP) is 3.84. The summed E-state index contributed by atoms with van der Waals surface area (Å²) in [6.45, 7) is 13.3. The van der Waals surface area contributed by atoms with Gasteiger partial charge >= 0.3 is 0 Å². The van der Waals surface area contributed by atoms with Gasteiger partial charge in [0.25, 0.3) is 0 Å². The van der Waals surface area contributed by atoms with Crippen molar-refractivity contribution in [1.29, 1.82) is 0 Å². The Bertz CT molecular complexity index is 438. The monoisotopic (exact) mass is 289 g/mol. The summed E-state index contributed by atoms with van der Waals surface area (Å²) in [5.41, 5.74) is 1.66. The van der Waals surface area contributed by atoms with Gasteiger partial charge in [-0.05, 0) is 49.3 Å². The van der Waals surface area contributed by atoms with Gasteiger partial charge in [-0.2, -0.15) is 0 Å². The van der Waals surface area contributed by atoms with Crippen molar-refractivity contribution in [1.82, 2.24) is 10.3 Å². The second-order valence-corrected chi connectivity index (χ2v) is 6.89. The Morgan fingerprint density at radius 1 is 1.29 bits per heavy atom. The van der Waals surface area contributed by atoms with Gasteiger partial charge in [0.1, 0.15) is 5.82 Å². The number of hydrogen-bond donors (Lipinski definition) is 1. The molecule has 0 bridgehead atoms. The summed E-state index contributed by atoms with van der Waals surface area (Å²) in [6.07, 6.45) is 3.85. The summed E-state index contributed by atoms with van der Waals surface area (Å²) in [5, 5.41) is 3.48. The van der Waals surface area contributed by atoms with E-state index in [1.54, 1.807) is 0 Å². The van der Waals surface area contributed by atoms with E-state index in [0.717, 1.165) is 37.7 Å². The van der Waals surface area contributed by atoms with E-state index in [1.807, 2.05) is 0 Å². The van der Waals surface area contributed by atoms with Gasteiger partial charge in [0.2, 0.25) is 0 Å². The second-order valence-electron chi connectivity index (χ2n) is 6.89. The third kappa shape index (κ3) is 4.19. The van der Waals surface area contributed by atoms with Crippen LogP contribution in [0.4, 0.5) is 5.82 Å². The maximum atomic E-state index is 4.85. The largest absolute Gasteiger partial charge is 0.356 e. The van der Waals surface area contributed by atoms with Gasteiger partial charge in [-0.15, -0.1) is 0 Å². The molecule has 1 N–H and O–H groups in total. The fourth-order valence-electron chi connectivity index (χ4n) is 3.19. The van der Waals surface area contributed by atoms with Crippen molar-refractivity contribution < 1.29 is 0 Å². The molecule has 0 radical (unpaired) electrons. The van der Waals surface area contributed by atoms with Crippen molar-refractivity contribution in [2.45, 2.75) is 53.5 Å². The van der Waals surface area contributed by atoms with Crippen LogP contribution < -0.4 is 10.2 Å². The number of hydrogen-bond acceptors (Lipinski definition) is 3. The molecule has 0 unspecified atom stereocenters. The first kappa shape index (κ1) is 16.3. The van der Waals surface area contributed by atoms with Crippen LogP contribution in [-0.4, -0.2) is 24.6 Å². The van der Waals surface area contributed by atoms with Crippen molar-refractivity contribution in [2.24, 2.45) is 11.3 Å². The van der Waals surface area contributed by atoms with Crippen LogP contribution in [-0.2, 0) is 6.54 Å². The summed E-state index contributed by atoms with van der Waals surface area (Å²) < 4.78 is 0. The fraction of sp³-hybridized carbons (Fsp3) is 0.722. The summed E-state index contributed by atoms with van der Waals surface area (Å²) in [5.74, 6) is 1.84. The first-order valence-corrected chi connectivity index (χ1v) is 8.50. The average molecular weight is 289 g/mol. The Hall–Kier alpha value is -1.09. The highest BCUT2D eigenvalue weighted by Crippen LogP contribution is 2.38. The lowest BCUT2D eigenvalue weighted by atomic mass is 9.82. The molecular formula is C18H31N3. The normalized spacial score (nSPS) is 17.7. The first-order chi connectivity index (χ1) is 10.1. The van der Waals surface area contributed by atoms with Crippen LogP contribution in [0.25, 0.3) is 0 Å². The quantitative estimate of drug-likeness (QED) is 0.826. The van der Waals surface area contributed by atoms with E-state index in [9.17, 15) is 0 Å². The number of rotatable bonds is 7. The lowest BCUT2D eigenvalue weighted by Gasteiger charge is -2.26. The van der Waals surface area contributed by atoms with Crippen LogP contribution in [0.3, 0.4) is 0 Å². The van der Waals surface area contributed by atoms with E-state index in [1.165, 1.54) is 19.3 Å². The Morgan fingerprint density at radius 2 is 2.05 bits per heavy atom. The van der Waals surface area contributed by atoms with Crippen LogP contribution in [0.5, 0.6) is 0 Å². The van der Waals surface area contributed by atoms with Crippen LogP contribution in [0.1, 0.15) is 52.7 Å². The molecule has 1 fully saturated rings. The zero-order valence-corrected chi connectivity index (χ0v) is 14.2. The van der Waals surface area contributed by atoms with Crippen LogP contribution in [0.2, 0.25) is 0 Å². The van der Waals surface area contributed by atoms with E-state index in [-0.39, 0.29) is 0 Å². The van der Waals surface area contributed by atoms with Crippen LogP contribution in [0, 0.1) is 11.3 Å². The molecule has 2 rings (SSSR count). The van der Waals surface area contributed by atoms with E-state index in [4.69, 9.17) is 4.98 Å². The second kappa shape index (κ2) is 7.26. The Kier molecular flexibility index (Phi) is 5.63. The molecule has 2 heterocycles. The molecule has 0 spiro atoms. The molecule has 0 amide bonds. The van der Waals surface area contributed by atoms with Gasteiger partial charge in [0, 0.05) is 19.6 Å². The number of aromatic nitrogens is 1. The molecule has 0 saturated carbocycles. The summed E-state index contributed by atoms with van der Waals surface area (Å²) in [4.78, 5) is 7.32. The molecule has 3 nitrogen and oxygen atoms in total. The summed E-state index contributed by atoms with van der Waals surface area (Å²) in [7, 11) is 0. The third-order valence-electron chi connectivity index (χ3n) is 4.91. The van der Waals surface area contributed by atoms with Crippen LogP contribution in [0.15, 0.2) is 18.2 Å². The highest BCUT2D eigenvalue weighted by molar-refractivity contribution is 5.41. The molecule has 3 heteroatoms. The topological polar surface area (TPSA) is 28.2 Å². The fourth-order valence-corrected chi connectivity index (χ4v) is 3.19. The molecule has 21 heavy (non-hydrogen) atoms. The number of nitrogens with zero attached hydrogens (tertiary/aromatic N) is 2. The number of anilines is 1. The van der Waals surface area contributed by atoms with Gasteiger partial charge in [-0.1, -0.05) is 33.8 Å². The lowest BCUT2D eigenvalue weighted by molar-refractivity contribution is 0.301. The maximum absolute atomic E-state index is 4.85. The van der Waals surface area contributed by atoms with Gasteiger partial charge < -0.3 is 10.2 Å². The standard InChI is InChI=1S/C18H31N3/c1-5-18(6-2)10-11-21(14-18)17-9-7-8-16(20-17)13-19-12-15(3)4/h7-9,15,19H,5-6,10-14H2,1-4H3. The minimum absolute atomic E-state index is 0.508. The molecular weight excluding hydrogens is 258 g/mol. The SMILES string of the molecule is CCC1(CC)CCN(c2cccc(CNCC(C)C)n2)C1. The van der Waals surface area contributed by atoms with Gasteiger partial charge in [-0.3, -0.25) is 0 Å². The first-order valence-electron chi connectivity index (χ1n) is 8.50. The van der Waals surface area contributed by atoms with Crippen molar-refractivity contribution in [3.8, 4) is 0 Å². The molecule has 1 aromatic rings. The molecule has 1 aliphatic rings. The Labute approximate surface area is 130 Å². The van der Waals surface area contributed by atoms with E-state index >= 15 is 0 Å². The van der Waals surface area contributed by atoms with E-state index in [2.05, 4.69) is 56.1 Å². The van der Waals surface area contributed by atoms with Gasteiger partial charge in [0.15, 0.2) is 0 Å². The van der Waals surface area contributed by atoms with Crippen molar-refractivity contribution in [3.05, 3.63) is 23.9 Å². The predicted molar refractivity (Wildman–Crippen MR) is 90.6 cm³/mol. The molecule has 1 saturated heterocycles. The van der Waals surface area contributed by atoms with Gasteiger partial charge in [0.05, 0.1) is 5.69 Å². The summed E-state index contributed by atoms with van der Waals surface area (Å²) >= 11 is 0. The highest BCUT2D eigenvalue weighted by atomic mass is 15.2. The molecule has 0 aromatic carbocycles. The Morgan fingerprint density at radius 3 is 2.67 bits per heavy atom. The average Bonchev–Trinajstić information content (AvgIpc) is 2.92. The Balaban J connectivity index is 1.98. The van der Waals surface area contributed by atoms with E-state index in [0.29, 0.717) is 11.3 Å². The van der Waals surface area contributed by atoms with Crippen molar-refractivity contribution >= 4 is 5.82 Å². The molecule has 118 valence electrons. The minimum Gasteiger partial charge on any atom is -0.356 e. The van der Waals surface area contributed by atoms with Gasteiger partial charge in [-0.25, -0.2) is 4.98 Å². The number of pyridine rings is 1. The maximum Gasteiger partial charge on any atom is 0.128 e. The lowest BCUT2D eigenvalue weighted by Crippen LogP contribution is -2.27. The number of nitrogens with one attached hydrogen (secondary N) is 1. The van der Waals surface area contributed by atoms with Crippen LogP contribution >= 0.6 is 0 Å². The zero-order chi connectivity index (χ0) is 15.3. The van der Waals surface area contributed by atoms with Crippen molar-refractivity contribution in [2.75, 3.05) is 24.5 Å².